The van der Waals surface area contributed by atoms with E-state index in [1.54, 1.807) is 18.3 Å². The second kappa shape index (κ2) is 15.0. The number of H-pyrrole nitrogens is 1. The van der Waals surface area contributed by atoms with E-state index in [-0.39, 0.29) is 31.8 Å². The lowest BCUT2D eigenvalue weighted by Crippen LogP contribution is -2.58. The number of aliphatic hydroxyl groups excluding tert-OH is 1. The van der Waals surface area contributed by atoms with Crippen molar-refractivity contribution >= 4 is 46.5 Å². The number of guanidine groups is 1. The molecule has 218 valence electrons. The van der Waals surface area contributed by atoms with Gasteiger partial charge in [-0.1, -0.05) is 18.2 Å². The second-order valence-corrected chi connectivity index (χ2v) is 8.99. The minimum Gasteiger partial charge on any atom is -0.480 e. The molecule has 1 aromatic heterocycles. The Kier molecular flexibility index (Phi) is 11.8. The number of carbonyl (C=O) groups excluding carboxylic acids is 4. The number of nitrogens with zero attached hydrogens (tertiary/aromatic N) is 1. The van der Waals surface area contributed by atoms with E-state index in [9.17, 15) is 34.2 Å². The number of hydrogen-bond acceptors (Lipinski definition) is 8. The Morgan fingerprint density at radius 1 is 0.925 bits per heavy atom. The number of rotatable bonds is 16. The van der Waals surface area contributed by atoms with Gasteiger partial charge in [0, 0.05) is 30.1 Å². The van der Waals surface area contributed by atoms with E-state index in [2.05, 4.69) is 25.9 Å². The van der Waals surface area contributed by atoms with Crippen molar-refractivity contribution in [2.75, 3.05) is 13.2 Å². The lowest BCUT2D eigenvalue weighted by Gasteiger charge is -2.25. The van der Waals surface area contributed by atoms with Crippen LogP contribution in [0.1, 0.15) is 24.8 Å². The zero-order valence-corrected chi connectivity index (χ0v) is 21.6. The van der Waals surface area contributed by atoms with Gasteiger partial charge in [0.25, 0.3) is 0 Å². The summed E-state index contributed by atoms with van der Waals surface area (Å²) in [5.74, 6) is -4.95. The van der Waals surface area contributed by atoms with Crippen LogP contribution in [0.3, 0.4) is 0 Å². The van der Waals surface area contributed by atoms with E-state index in [1.807, 2.05) is 12.1 Å². The van der Waals surface area contributed by atoms with Gasteiger partial charge in [0.1, 0.15) is 18.1 Å². The van der Waals surface area contributed by atoms with Crippen LogP contribution in [0.25, 0.3) is 10.9 Å². The molecule has 14 N–H and O–H groups in total. The molecule has 4 unspecified atom stereocenters. The number of carbonyl (C=O) groups is 5. The normalized spacial score (nSPS) is 13.8. The molecule has 16 heteroatoms. The van der Waals surface area contributed by atoms with Crippen molar-refractivity contribution in [3.63, 3.8) is 0 Å². The minimum atomic E-state index is -1.61. The van der Waals surface area contributed by atoms with Gasteiger partial charge < -0.3 is 54.1 Å². The van der Waals surface area contributed by atoms with Gasteiger partial charge in [-0.05, 0) is 24.5 Å². The number of aliphatic hydroxyl groups is 1. The van der Waals surface area contributed by atoms with Crippen LogP contribution in [0.4, 0.5) is 0 Å². The third-order valence-corrected chi connectivity index (χ3v) is 5.87. The number of carboxylic acid groups (broad SMARTS) is 1. The first-order valence-corrected chi connectivity index (χ1v) is 12.3. The molecular weight excluding hydrogens is 526 g/mol. The van der Waals surface area contributed by atoms with Gasteiger partial charge in [0.05, 0.1) is 19.1 Å². The van der Waals surface area contributed by atoms with Gasteiger partial charge >= 0.3 is 5.97 Å². The Morgan fingerprint density at radius 3 is 2.17 bits per heavy atom. The third kappa shape index (κ3) is 9.55. The maximum atomic E-state index is 13.4. The lowest BCUT2D eigenvalue weighted by molar-refractivity contribution is -0.143. The first kappa shape index (κ1) is 31.5. The number of aromatic amines is 1. The number of para-hydroxylation sites is 1. The molecule has 1 aromatic carbocycles. The molecule has 2 aromatic rings. The Labute approximate surface area is 228 Å². The highest BCUT2D eigenvalue weighted by atomic mass is 16.4. The average molecular weight is 562 g/mol. The highest BCUT2D eigenvalue weighted by Gasteiger charge is 2.31. The zero-order chi connectivity index (χ0) is 29.8. The molecule has 0 bridgehead atoms. The predicted molar refractivity (Wildman–Crippen MR) is 144 cm³/mol. The first-order valence-electron chi connectivity index (χ1n) is 12.3. The highest BCUT2D eigenvalue weighted by Crippen LogP contribution is 2.19. The summed E-state index contributed by atoms with van der Waals surface area (Å²) < 4.78 is 0. The molecule has 0 fully saturated rings. The molecule has 16 nitrogen and oxygen atoms in total. The number of nitrogens with one attached hydrogen (secondary N) is 4. The number of benzene rings is 1. The number of primary amides is 1. The average Bonchev–Trinajstić information content (AvgIpc) is 3.30. The number of amides is 4. The maximum Gasteiger partial charge on any atom is 0.328 e. The highest BCUT2D eigenvalue weighted by molar-refractivity contribution is 5.95. The molecule has 0 aliphatic rings. The Balaban J connectivity index is 2.31. The van der Waals surface area contributed by atoms with Gasteiger partial charge in [0.15, 0.2) is 5.96 Å². The van der Waals surface area contributed by atoms with Crippen molar-refractivity contribution in [1.82, 2.24) is 20.9 Å². The van der Waals surface area contributed by atoms with Crippen LogP contribution in [0.2, 0.25) is 0 Å². The molecule has 0 radical (unpaired) electrons. The molecule has 0 aliphatic heterocycles. The number of hydrogen-bond donors (Lipinski definition) is 10. The minimum absolute atomic E-state index is 0.0213. The standard InChI is InChI=1S/C24H35N9O7/c25-14(9-19(26)35)20(36)31-16(6-3-7-29-24(27)28)21(37)32-17(22(38)33-18(11-34)23(39)40)8-12-10-30-15-5-2-1-4-13(12)15/h1-2,4-5,10,14,16-18,30,34H,3,6-9,11,25H2,(H2,26,35)(H,31,36)(H,32,37)(H,33,38)(H,39,40)(H4,27,28,29). The molecule has 2 rings (SSSR count). The van der Waals surface area contributed by atoms with Gasteiger partial charge in [0.2, 0.25) is 23.6 Å². The number of aliphatic carboxylic acids is 1. The maximum absolute atomic E-state index is 13.4. The fourth-order valence-corrected chi connectivity index (χ4v) is 3.82. The van der Waals surface area contributed by atoms with Crippen LogP contribution in [0.5, 0.6) is 0 Å². The van der Waals surface area contributed by atoms with Crippen molar-refractivity contribution in [1.29, 1.82) is 0 Å². The predicted octanol–water partition coefficient (Wildman–Crippen LogP) is -3.50. The number of aromatic nitrogens is 1. The largest absolute Gasteiger partial charge is 0.480 e. The van der Waals surface area contributed by atoms with Crippen LogP contribution in [0, 0.1) is 0 Å². The monoisotopic (exact) mass is 561 g/mol. The summed E-state index contributed by atoms with van der Waals surface area (Å²) >= 11 is 0. The van der Waals surface area contributed by atoms with E-state index in [4.69, 9.17) is 22.9 Å². The molecule has 4 atom stereocenters. The van der Waals surface area contributed by atoms with Crippen molar-refractivity contribution < 1.29 is 34.2 Å². The summed E-state index contributed by atoms with van der Waals surface area (Å²) in [6.07, 6.45) is 1.39. The molecular formula is C24H35N9O7. The molecule has 0 saturated carbocycles. The van der Waals surface area contributed by atoms with Crippen LogP contribution < -0.4 is 38.9 Å². The summed E-state index contributed by atoms with van der Waals surface area (Å²) in [5, 5.41) is 26.6. The molecule has 0 spiro atoms. The van der Waals surface area contributed by atoms with Crippen molar-refractivity contribution in [2.45, 2.75) is 49.9 Å². The van der Waals surface area contributed by atoms with E-state index < -0.39 is 66.8 Å². The topological polar surface area (TPSA) is 294 Å². The fraction of sp³-hybridized carbons (Fsp3) is 0.417. The molecule has 40 heavy (non-hydrogen) atoms. The van der Waals surface area contributed by atoms with Gasteiger partial charge in [-0.2, -0.15) is 0 Å². The summed E-state index contributed by atoms with van der Waals surface area (Å²) in [4.78, 5) is 68.4. The summed E-state index contributed by atoms with van der Waals surface area (Å²) in [7, 11) is 0. The Morgan fingerprint density at radius 2 is 1.55 bits per heavy atom. The van der Waals surface area contributed by atoms with Gasteiger partial charge in [-0.15, -0.1) is 0 Å². The number of aliphatic imine (C=N–C) groups is 1. The lowest BCUT2D eigenvalue weighted by atomic mass is 10.0. The van der Waals surface area contributed by atoms with Crippen molar-refractivity contribution in [2.24, 2.45) is 27.9 Å². The van der Waals surface area contributed by atoms with Crippen molar-refractivity contribution in [3.8, 4) is 0 Å². The first-order chi connectivity index (χ1) is 18.9. The quantitative estimate of drug-likeness (QED) is 0.0547. The molecule has 0 aliphatic carbocycles. The smallest absolute Gasteiger partial charge is 0.328 e. The summed E-state index contributed by atoms with van der Waals surface area (Å²) in [6, 6.07) is 1.74. The Hall–Kier alpha value is -4.70. The van der Waals surface area contributed by atoms with Crippen LogP contribution in [-0.2, 0) is 30.4 Å². The number of fused-ring (bicyclic) bond motifs is 1. The van der Waals surface area contributed by atoms with E-state index in [0.29, 0.717) is 5.56 Å². The van der Waals surface area contributed by atoms with Crippen LogP contribution in [-0.4, -0.2) is 88.1 Å². The Bertz CT molecular complexity index is 1240. The van der Waals surface area contributed by atoms with E-state index in [0.717, 1.165) is 10.9 Å². The van der Waals surface area contributed by atoms with Gasteiger partial charge in [-0.25, -0.2) is 4.79 Å². The molecule has 1 heterocycles. The van der Waals surface area contributed by atoms with E-state index >= 15 is 0 Å². The molecule has 4 amide bonds. The van der Waals surface area contributed by atoms with Crippen LogP contribution >= 0.6 is 0 Å². The van der Waals surface area contributed by atoms with Crippen molar-refractivity contribution in [3.05, 3.63) is 36.0 Å². The number of carboxylic acids is 1. The molecule has 0 saturated heterocycles. The van der Waals surface area contributed by atoms with Gasteiger partial charge in [-0.3, -0.25) is 24.2 Å². The summed E-state index contributed by atoms with van der Waals surface area (Å²) in [5.41, 5.74) is 22.9. The van der Waals surface area contributed by atoms with Crippen LogP contribution in [0.15, 0.2) is 35.5 Å². The number of nitrogens with two attached hydrogens (primary N) is 4. The third-order valence-electron chi connectivity index (χ3n) is 5.87. The summed E-state index contributed by atoms with van der Waals surface area (Å²) in [6.45, 7) is -0.749. The fourth-order valence-electron chi connectivity index (χ4n) is 3.82. The zero-order valence-electron chi connectivity index (χ0n) is 21.6. The second-order valence-electron chi connectivity index (χ2n) is 8.99. The van der Waals surface area contributed by atoms with E-state index in [1.165, 1.54) is 0 Å². The SMILES string of the molecule is NC(=O)CC(N)C(=O)NC(CCCN=C(N)N)C(=O)NC(Cc1c[nH]c2ccccc12)C(=O)NC(CO)C(=O)O.